The Balaban J connectivity index is 1.92. The molecule has 0 radical (unpaired) electrons. The minimum absolute atomic E-state index is 0.230. The summed E-state index contributed by atoms with van der Waals surface area (Å²) in [6.45, 7) is 0.588. The normalized spacial score (nSPS) is 9.71. The molecule has 0 bridgehead atoms. The molecule has 0 fully saturated rings. The van der Waals surface area contributed by atoms with Gasteiger partial charge < -0.3 is 10.2 Å². The molecule has 0 spiro atoms. The van der Waals surface area contributed by atoms with Gasteiger partial charge in [0.05, 0.1) is 11.3 Å². The maximum atomic E-state index is 12.1. The highest BCUT2D eigenvalue weighted by Crippen LogP contribution is 2.14. The summed E-state index contributed by atoms with van der Waals surface area (Å²) in [5.41, 5.74) is 2.11. The van der Waals surface area contributed by atoms with Gasteiger partial charge in [0, 0.05) is 26.0 Å². The Morgan fingerprint density at radius 3 is 2.71 bits per heavy atom. The number of carbonyl (C=O) groups is 1. The van der Waals surface area contributed by atoms with Crippen LogP contribution in [0, 0.1) is 11.3 Å². The zero-order valence-corrected chi connectivity index (χ0v) is 11.8. The fourth-order valence-electron chi connectivity index (χ4n) is 1.85. The van der Waals surface area contributed by atoms with Crippen LogP contribution in [0.1, 0.15) is 11.1 Å². The molecule has 1 aromatic carbocycles. The standard InChI is InChI=1S/C16H16N4O/c1-20(11-8-13-6-9-18-10-7-13)16(21)19-15-5-3-2-4-14(15)12-17/h2-7,9-10H,8,11H2,1H3,(H,19,21). The molecule has 0 atom stereocenters. The molecule has 5 heteroatoms. The molecule has 2 rings (SSSR count). The molecule has 0 saturated heterocycles. The van der Waals surface area contributed by atoms with Crippen LogP contribution < -0.4 is 5.32 Å². The number of likely N-dealkylation sites (N-methyl/N-ethyl adjacent to an activating group) is 1. The highest BCUT2D eigenvalue weighted by molar-refractivity contribution is 5.90. The highest BCUT2D eigenvalue weighted by Gasteiger charge is 2.10. The second kappa shape index (κ2) is 7.06. The van der Waals surface area contributed by atoms with Gasteiger partial charge in [-0.25, -0.2) is 4.79 Å². The number of benzene rings is 1. The number of urea groups is 1. The number of nitrogens with one attached hydrogen (secondary N) is 1. The average Bonchev–Trinajstić information content (AvgIpc) is 2.54. The number of para-hydroxylation sites is 1. The van der Waals surface area contributed by atoms with E-state index >= 15 is 0 Å². The molecule has 2 amide bonds. The molecule has 1 aromatic heterocycles. The van der Waals surface area contributed by atoms with Crippen molar-refractivity contribution in [2.75, 3.05) is 18.9 Å². The van der Waals surface area contributed by atoms with Gasteiger partial charge in [-0.05, 0) is 36.2 Å². The van der Waals surface area contributed by atoms with E-state index in [-0.39, 0.29) is 6.03 Å². The van der Waals surface area contributed by atoms with Crippen LogP contribution in [-0.4, -0.2) is 29.5 Å². The molecule has 0 aliphatic heterocycles. The van der Waals surface area contributed by atoms with Gasteiger partial charge in [0.1, 0.15) is 6.07 Å². The predicted molar refractivity (Wildman–Crippen MR) is 80.7 cm³/mol. The van der Waals surface area contributed by atoms with Crippen molar-refractivity contribution in [1.29, 1.82) is 5.26 Å². The third-order valence-electron chi connectivity index (χ3n) is 3.12. The van der Waals surface area contributed by atoms with Crippen LogP contribution in [0.3, 0.4) is 0 Å². The van der Waals surface area contributed by atoms with Gasteiger partial charge in [0.25, 0.3) is 0 Å². The first-order valence-electron chi connectivity index (χ1n) is 6.61. The fourth-order valence-corrected chi connectivity index (χ4v) is 1.85. The van der Waals surface area contributed by atoms with E-state index in [1.807, 2.05) is 12.1 Å². The number of nitriles is 1. The smallest absolute Gasteiger partial charge is 0.321 e. The summed E-state index contributed by atoms with van der Waals surface area (Å²) in [5, 5.41) is 11.8. The fraction of sp³-hybridized carbons (Fsp3) is 0.188. The van der Waals surface area contributed by atoms with Gasteiger partial charge >= 0.3 is 6.03 Å². The lowest BCUT2D eigenvalue weighted by Gasteiger charge is -2.18. The third kappa shape index (κ3) is 4.05. The van der Waals surface area contributed by atoms with Crippen LogP contribution in [-0.2, 0) is 6.42 Å². The number of aromatic nitrogens is 1. The predicted octanol–water partition coefficient (Wildman–Crippen LogP) is 2.66. The summed E-state index contributed by atoms with van der Waals surface area (Å²) < 4.78 is 0. The lowest BCUT2D eigenvalue weighted by molar-refractivity contribution is 0.223. The van der Waals surface area contributed by atoms with Crippen molar-refractivity contribution >= 4 is 11.7 Å². The van der Waals surface area contributed by atoms with E-state index in [0.717, 1.165) is 12.0 Å². The molecule has 2 aromatic rings. The number of hydrogen-bond donors (Lipinski definition) is 1. The monoisotopic (exact) mass is 280 g/mol. The molecule has 0 aliphatic carbocycles. The molecule has 21 heavy (non-hydrogen) atoms. The topological polar surface area (TPSA) is 69.0 Å². The Morgan fingerprint density at radius 2 is 2.00 bits per heavy atom. The Bertz CT molecular complexity index is 649. The minimum Gasteiger partial charge on any atom is -0.327 e. The number of hydrogen-bond acceptors (Lipinski definition) is 3. The summed E-state index contributed by atoms with van der Waals surface area (Å²) in [4.78, 5) is 17.6. The Morgan fingerprint density at radius 1 is 1.29 bits per heavy atom. The number of carbonyl (C=O) groups excluding carboxylic acids is 1. The zero-order chi connectivity index (χ0) is 15.1. The second-order valence-electron chi connectivity index (χ2n) is 4.61. The van der Waals surface area contributed by atoms with Crippen molar-refractivity contribution in [3.8, 4) is 6.07 Å². The van der Waals surface area contributed by atoms with E-state index in [4.69, 9.17) is 5.26 Å². The summed E-state index contributed by atoms with van der Waals surface area (Å²) >= 11 is 0. The molecular formula is C16H16N4O. The third-order valence-corrected chi connectivity index (χ3v) is 3.12. The maximum absolute atomic E-state index is 12.1. The lowest BCUT2D eigenvalue weighted by atomic mass is 10.2. The van der Waals surface area contributed by atoms with Crippen molar-refractivity contribution in [3.05, 3.63) is 59.9 Å². The van der Waals surface area contributed by atoms with E-state index in [0.29, 0.717) is 17.8 Å². The van der Waals surface area contributed by atoms with E-state index < -0.39 is 0 Å². The van der Waals surface area contributed by atoms with E-state index in [1.165, 1.54) is 0 Å². The van der Waals surface area contributed by atoms with Gasteiger partial charge in [-0.15, -0.1) is 0 Å². The van der Waals surface area contributed by atoms with Crippen LogP contribution in [0.5, 0.6) is 0 Å². The Hall–Kier alpha value is -2.87. The molecule has 106 valence electrons. The summed E-state index contributed by atoms with van der Waals surface area (Å²) in [6.07, 6.45) is 4.23. The van der Waals surface area contributed by atoms with E-state index in [1.54, 1.807) is 48.6 Å². The minimum atomic E-state index is -0.230. The second-order valence-corrected chi connectivity index (χ2v) is 4.61. The first-order valence-corrected chi connectivity index (χ1v) is 6.61. The summed E-state index contributed by atoms with van der Waals surface area (Å²) in [5.74, 6) is 0. The van der Waals surface area contributed by atoms with Gasteiger partial charge in [-0.1, -0.05) is 12.1 Å². The van der Waals surface area contributed by atoms with Crippen molar-refractivity contribution in [2.24, 2.45) is 0 Å². The Labute approximate surface area is 123 Å². The molecule has 0 unspecified atom stereocenters. The molecule has 0 aliphatic rings. The summed E-state index contributed by atoms with van der Waals surface area (Å²) in [6, 6.07) is 12.6. The van der Waals surface area contributed by atoms with Crippen LogP contribution in [0.4, 0.5) is 10.5 Å². The summed E-state index contributed by atoms with van der Waals surface area (Å²) in [7, 11) is 1.73. The van der Waals surface area contributed by atoms with Crippen LogP contribution in [0.15, 0.2) is 48.8 Å². The zero-order valence-electron chi connectivity index (χ0n) is 11.8. The Kier molecular flexibility index (Phi) is 4.89. The van der Waals surface area contributed by atoms with Crippen LogP contribution in [0.2, 0.25) is 0 Å². The number of rotatable bonds is 4. The quantitative estimate of drug-likeness (QED) is 0.936. The number of nitrogens with zero attached hydrogens (tertiary/aromatic N) is 3. The average molecular weight is 280 g/mol. The van der Waals surface area contributed by atoms with Crippen molar-refractivity contribution in [2.45, 2.75) is 6.42 Å². The van der Waals surface area contributed by atoms with Gasteiger partial charge in [0.2, 0.25) is 0 Å². The molecule has 1 N–H and O–H groups in total. The number of anilines is 1. The maximum Gasteiger partial charge on any atom is 0.321 e. The van der Waals surface area contributed by atoms with Crippen molar-refractivity contribution < 1.29 is 4.79 Å². The van der Waals surface area contributed by atoms with Gasteiger partial charge in [0.15, 0.2) is 0 Å². The highest BCUT2D eigenvalue weighted by atomic mass is 16.2. The van der Waals surface area contributed by atoms with E-state index in [9.17, 15) is 4.79 Å². The van der Waals surface area contributed by atoms with Gasteiger partial charge in [-0.3, -0.25) is 4.98 Å². The van der Waals surface area contributed by atoms with Crippen LogP contribution >= 0.6 is 0 Å². The largest absolute Gasteiger partial charge is 0.327 e. The van der Waals surface area contributed by atoms with Crippen molar-refractivity contribution in [3.63, 3.8) is 0 Å². The first-order chi connectivity index (χ1) is 10.2. The molecule has 0 saturated carbocycles. The van der Waals surface area contributed by atoms with Crippen molar-refractivity contribution in [1.82, 2.24) is 9.88 Å². The number of pyridine rings is 1. The first kappa shape index (κ1) is 14.5. The molecule has 1 heterocycles. The molecular weight excluding hydrogens is 264 g/mol. The van der Waals surface area contributed by atoms with Crippen LogP contribution in [0.25, 0.3) is 0 Å². The lowest BCUT2D eigenvalue weighted by Crippen LogP contribution is -2.33. The SMILES string of the molecule is CN(CCc1ccncc1)C(=O)Nc1ccccc1C#N. The number of amides is 2. The molecule has 5 nitrogen and oxygen atoms in total. The van der Waals surface area contributed by atoms with Gasteiger partial charge in [-0.2, -0.15) is 5.26 Å². The van der Waals surface area contributed by atoms with E-state index in [2.05, 4.69) is 16.4 Å².